The predicted octanol–water partition coefficient (Wildman–Crippen LogP) is 14.8. The third-order valence-corrected chi connectivity index (χ3v) is 10.6. The molecule has 0 fully saturated rings. The van der Waals surface area contributed by atoms with Gasteiger partial charge in [0.05, 0.1) is 0 Å². The summed E-state index contributed by atoms with van der Waals surface area (Å²) in [5.74, 6) is 1.55. The molecule has 0 aliphatic carbocycles. The first-order valence-corrected chi connectivity index (χ1v) is 23.6. The summed E-state index contributed by atoms with van der Waals surface area (Å²) >= 11 is 0. The Morgan fingerprint density at radius 3 is 0.796 bits per heavy atom. The third kappa shape index (κ3) is 41.6. The summed E-state index contributed by atoms with van der Waals surface area (Å²) in [7, 11) is 0. The van der Waals surface area contributed by atoms with Crippen LogP contribution >= 0.6 is 0 Å². The fourth-order valence-corrected chi connectivity index (χ4v) is 7.06. The number of hydrogen-bond donors (Lipinski definition) is 0. The Hall–Kier alpha value is -1.59. The second-order valence-corrected chi connectivity index (χ2v) is 17.8. The maximum absolute atomic E-state index is 12.7. The summed E-state index contributed by atoms with van der Waals surface area (Å²) in [6.45, 7) is 13.6. The van der Waals surface area contributed by atoms with Gasteiger partial charge in [-0.1, -0.05) is 215 Å². The largest absolute Gasteiger partial charge is 0.462 e. The molecule has 0 spiro atoms. The van der Waals surface area contributed by atoms with Crippen LogP contribution in [0.4, 0.5) is 0 Å². The quantitative estimate of drug-likeness (QED) is 0.0350. The van der Waals surface area contributed by atoms with Crippen molar-refractivity contribution in [1.29, 1.82) is 0 Å². The number of hydrogen-bond acceptors (Lipinski definition) is 6. The van der Waals surface area contributed by atoms with Crippen molar-refractivity contribution in [1.82, 2.24) is 0 Å². The molecule has 6 heteroatoms. The van der Waals surface area contributed by atoms with Crippen LogP contribution in [0.1, 0.15) is 253 Å². The molecule has 320 valence electrons. The zero-order valence-electron chi connectivity index (χ0n) is 37.0. The summed E-state index contributed by atoms with van der Waals surface area (Å²) in [6, 6.07) is 0. The summed E-state index contributed by atoms with van der Waals surface area (Å²) < 4.78 is 16.7. The van der Waals surface area contributed by atoms with E-state index >= 15 is 0 Å². The molecule has 0 saturated heterocycles. The minimum atomic E-state index is -0.762. The molecule has 0 aromatic heterocycles. The molecule has 0 amide bonds. The molecule has 0 aliphatic rings. The topological polar surface area (TPSA) is 78.9 Å². The molecule has 0 aromatic rings. The molecule has 1 atom stereocenters. The van der Waals surface area contributed by atoms with Crippen LogP contribution in [0.15, 0.2) is 0 Å². The first-order chi connectivity index (χ1) is 26.1. The molecule has 0 radical (unpaired) electrons. The van der Waals surface area contributed by atoms with Crippen molar-refractivity contribution >= 4 is 17.9 Å². The molecule has 0 aromatic carbocycles. The van der Waals surface area contributed by atoms with Crippen molar-refractivity contribution in [2.45, 2.75) is 260 Å². The zero-order valence-corrected chi connectivity index (χ0v) is 37.0. The molecule has 0 aliphatic heterocycles. The van der Waals surface area contributed by atoms with Crippen molar-refractivity contribution in [3.05, 3.63) is 0 Å². The van der Waals surface area contributed by atoms with Gasteiger partial charge in [-0.15, -0.1) is 0 Å². The minimum absolute atomic E-state index is 0.0663. The Bertz CT molecular complexity index is 837. The van der Waals surface area contributed by atoms with E-state index < -0.39 is 6.10 Å². The first kappa shape index (κ1) is 52.4. The number of carbonyl (C=O) groups excluding carboxylic acids is 3. The smallest absolute Gasteiger partial charge is 0.306 e. The van der Waals surface area contributed by atoms with Crippen molar-refractivity contribution < 1.29 is 28.6 Å². The van der Waals surface area contributed by atoms with Gasteiger partial charge in [0.25, 0.3) is 0 Å². The number of carbonyl (C=O) groups is 3. The predicted molar refractivity (Wildman–Crippen MR) is 229 cm³/mol. The van der Waals surface area contributed by atoms with E-state index in [1.165, 1.54) is 135 Å². The Morgan fingerprint density at radius 2 is 0.537 bits per heavy atom. The van der Waals surface area contributed by atoms with Gasteiger partial charge in [-0.25, -0.2) is 0 Å². The van der Waals surface area contributed by atoms with E-state index in [1.54, 1.807) is 0 Å². The molecule has 54 heavy (non-hydrogen) atoms. The number of esters is 3. The highest BCUT2D eigenvalue weighted by atomic mass is 16.6. The van der Waals surface area contributed by atoms with Crippen molar-refractivity contribution in [3.63, 3.8) is 0 Å². The van der Waals surface area contributed by atoms with Crippen LogP contribution in [0.5, 0.6) is 0 Å². The van der Waals surface area contributed by atoms with Crippen LogP contribution in [0.2, 0.25) is 0 Å². The van der Waals surface area contributed by atoms with Crippen LogP contribution in [-0.4, -0.2) is 37.2 Å². The molecular formula is C48H92O6. The first-order valence-electron chi connectivity index (χ1n) is 23.6. The lowest BCUT2D eigenvalue weighted by molar-refractivity contribution is -0.167. The minimum Gasteiger partial charge on any atom is -0.462 e. The van der Waals surface area contributed by atoms with E-state index in [1.807, 2.05) is 0 Å². The van der Waals surface area contributed by atoms with Gasteiger partial charge in [-0.3, -0.25) is 14.4 Å². The summed E-state index contributed by atoms with van der Waals surface area (Å²) in [4.78, 5) is 37.7. The Labute approximate surface area is 336 Å². The van der Waals surface area contributed by atoms with Crippen molar-refractivity contribution in [3.8, 4) is 0 Å². The highest BCUT2D eigenvalue weighted by Crippen LogP contribution is 2.17. The molecule has 0 unspecified atom stereocenters. The monoisotopic (exact) mass is 765 g/mol. The highest BCUT2D eigenvalue weighted by Gasteiger charge is 2.19. The standard InChI is InChI=1S/C48H92O6/c1-42(2)34-28-22-16-11-8-7-9-13-20-27-33-39-48(51)54-45(41-53-47(50)38-32-26-21-15-18-24-30-36-44(5)6)40-52-46(49)37-31-25-19-14-10-12-17-23-29-35-43(3)4/h42-45H,7-41H2,1-6H3/t45-/m1/s1. The van der Waals surface area contributed by atoms with Gasteiger partial charge in [0, 0.05) is 19.3 Å². The second-order valence-electron chi connectivity index (χ2n) is 17.8. The van der Waals surface area contributed by atoms with Gasteiger partial charge in [0.2, 0.25) is 0 Å². The van der Waals surface area contributed by atoms with Crippen LogP contribution in [0.3, 0.4) is 0 Å². The average Bonchev–Trinajstić information content (AvgIpc) is 3.12. The number of unbranched alkanes of at least 4 members (excludes halogenated alkanes) is 24. The molecule has 6 nitrogen and oxygen atoms in total. The Kier molecular flexibility index (Phi) is 38.5. The van der Waals surface area contributed by atoms with Gasteiger partial charge < -0.3 is 14.2 Å². The third-order valence-electron chi connectivity index (χ3n) is 10.6. The van der Waals surface area contributed by atoms with Crippen LogP contribution < -0.4 is 0 Å². The number of ether oxygens (including phenoxy) is 3. The van der Waals surface area contributed by atoms with Crippen LogP contribution in [-0.2, 0) is 28.6 Å². The molecule has 0 bridgehead atoms. The van der Waals surface area contributed by atoms with Gasteiger partial charge in [0.15, 0.2) is 6.10 Å². The fraction of sp³-hybridized carbons (Fsp3) is 0.938. The van der Waals surface area contributed by atoms with E-state index in [9.17, 15) is 14.4 Å². The molecule has 0 N–H and O–H groups in total. The maximum Gasteiger partial charge on any atom is 0.306 e. The Morgan fingerprint density at radius 1 is 0.315 bits per heavy atom. The summed E-state index contributed by atoms with van der Waals surface area (Å²) in [6.07, 6.45) is 36.7. The highest BCUT2D eigenvalue weighted by molar-refractivity contribution is 5.71. The van der Waals surface area contributed by atoms with Gasteiger partial charge >= 0.3 is 17.9 Å². The Balaban J connectivity index is 4.34. The molecule has 0 rings (SSSR count). The van der Waals surface area contributed by atoms with E-state index in [0.29, 0.717) is 19.3 Å². The van der Waals surface area contributed by atoms with Gasteiger partial charge in [-0.05, 0) is 37.0 Å². The van der Waals surface area contributed by atoms with Crippen LogP contribution in [0.25, 0.3) is 0 Å². The molecule has 0 saturated carbocycles. The van der Waals surface area contributed by atoms with Crippen LogP contribution in [0, 0.1) is 17.8 Å². The van der Waals surface area contributed by atoms with E-state index in [2.05, 4.69) is 41.5 Å². The normalized spacial score (nSPS) is 12.2. The fourth-order valence-electron chi connectivity index (χ4n) is 7.06. The lowest BCUT2D eigenvalue weighted by atomic mass is 10.0. The van der Waals surface area contributed by atoms with Gasteiger partial charge in [0.1, 0.15) is 13.2 Å². The SMILES string of the molecule is CC(C)CCCCCCCCCCCCCC(=O)O[C@H](COC(=O)CCCCCCCCCCCC(C)C)COC(=O)CCCCCCCCCC(C)C. The molecule has 0 heterocycles. The molecular weight excluding hydrogens is 673 g/mol. The number of rotatable bonds is 41. The zero-order chi connectivity index (χ0) is 39.9. The van der Waals surface area contributed by atoms with Crippen molar-refractivity contribution in [2.75, 3.05) is 13.2 Å². The maximum atomic E-state index is 12.7. The van der Waals surface area contributed by atoms with E-state index in [4.69, 9.17) is 14.2 Å². The lowest BCUT2D eigenvalue weighted by Gasteiger charge is -2.18. The summed E-state index contributed by atoms with van der Waals surface area (Å²) in [5, 5.41) is 0. The van der Waals surface area contributed by atoms with E-state index in [0.717, 1.165) is 75.5 Å². The summed E-state index contributed by atoms with van der Waals surface area (Å²) in [5.41, 5.74) is 0. The van der Waals surface area contributed by atoms with E-state index in [-0.39, 0.29) is 31.1 Å². The average molecular weight is 765 g/mol. The lowest BCUT2D eigenvalue weighted by Crippen LogP contribution is -2.30. The van der Waals surface area contributed by atoms with Gasteiger partial charge in [-0.2, -0.15) is 0 Å². The van der Waals surface area contributed by atoms with Crippen molar-refractivity contribution in [2.24, 2.45) is 17.8 Å². The second kappa shape index (κ2) is 39.6.